The number of nitrogens with one attached hydrogen (secondary N) is 1. The van der Waals surface area contributed by atoms with Crippen molar-refractivity contribution in [1.82, 2.24) is 4.57 Å². The lowest BCUT2D eigenvalue weighted by molar-refractivity contribution is -0.403. The van der Waals surface area contributed by atoms with Crippen molar-refractivity contribution in [1.29, 1.82) is 0 Å². The number of nitrogens with zero attached hydrogens (tertiary/aromatic N) is 11. The second-order valence-electron chi connectivity index (χ2n) is 9.69. The second-order valence-corrected chi connectivity index (χ2v) is 9.69. The predicted molar refractivity (Wildman–Crippen MR) is 167 cm³/mol. The lowest BCUT2D eigenvalue weighted by Gasteiger charge is -2.14. The fourth-order valence-electron chi connectivity index (χ4n) is 4.56. The van der Waals surface area contributed by atoms with E-state index in [0.717, 1.165) is 12.1 Å². The molecule has 0 atom stereocenters. The van der Waals surface area contributed by atoms with Crippen molar-refractivity contribution in [3.05, 3.63) is 151 Å². The van der Waals surface area contributed by atoms with Gasteiger partial charge in [0.1, 0.15) is 0 Å². The highest BCUT2D eigenvalue weighted by molar-refractivity contribution is 5.82. The topological polar surface area (TPSA) is 418 Å². The van der Waals surface area contributed by atoms with Gasteiger partial charge in [-0.1, -0.05) is 0 Å². The van der Waals surface area contributed by atoms with Crippen LogP contribution in [0.5, 0.6) is 0 Å². The summed E-state index contributed by atoms with van der Waals surface area (Å²) in [5, 5.41) is 109. The highest BCUT2D eigenvalue weighted by Crippen LogP contribution is 2.43. The molecule has 0 amide bonds. The Balaban J connectivity index is 2.34. The van der Waals surface area contributed by atoms with Crippen LogP contribution in [0.15, 0.2) is 59.7 Å². The first-order valence-electron chi connectivity index (χ1n) is 13.1. The van der Waals surface area contributed by atoms with Crippen LogP contribution in [-0.2, 0) is 0 Å². The molecule has 0 saturated carbocycles. The Kier molecular flexibility index (Phi) is 9.63. The van der Waals surface area contributed by atoms with E-state index in [1.54, 1.807) is 0 Å². The lowest BCUT2D eigenvalue weighted by atomic mass is 10.1. The number of hydrogen-bond donors (Lipinski definition) is 1. The minimum atomic E-state index is -1.49. The third-order valence-corrected chi connectivity index (χ3v) is 6.69. The predicted octanol–water partition coefficient (Wildman–Crippen LogP) is 4.63. The molecule has 30 nitrogen and oxygen atoms in total. The zero-order valence-electron chi connectivity index (χ0n) is 25.0. The maximum absolute atomic E-state index is 12.2. The van der Waals surface area contributed by atoms with Gasteiger partial charge in [0.15, 0.2) is 11.2 Å². The number of non-ortho nitro benzene ring substituents is 3. The first-order valence-corrected chi connectivity index (χ1v) is 13.1. The highest BCUT2D eigenvalue weighted by atomic mass is 16.7. The summed E-state index contributed by atoms with van der Waals surface area (Å²) < 4.78 is 0.292. The molecule has 53 heavy (non-hydrogen) atoms. The molecule has 0 radical (unpaired) electrons. The first-order chi connectivity index (χ1) is 24.7. The van der Waals surface area contributed by atoms with Crippen molar-refractivity contribution in [3.63, 3.8) is 0 Å². The van der Waals surface area contributed by atoms with Crippen LogP contribution in [0.2, 0.25) is 0 Å². The smallest absolute Gasteiger partial charge is 0.308 e. The van der Waals surface area contributed by atoms with Gasteiger partial charge in [-0.25, -0.2) is 4.99 Å². The third kappa shape index (κ3) is 7.09. The van der Waals surface area contributed by atoms with E-state index in [9.17, 15) is 91.0 Å². The monoisotopic (exact) mass is 742 g/mol. The van der Waals surface area contributed by atoms with Gasteiger partial charge >= 0.3 is 34.1 Å². The fourth-order valence-corrected chi connectivity index (χ4v) is 4.56. The van der Waals surface area contributed by atoms with E-state index in [2.05, 4.69) is 10.3 Å². The van der Waals surface area contributed by atoms with Crippen LogP contribution in [0.1, 0.15) is 0 Å². The van der Waals surface area contributed by atoms with Crippen LogP contribution in [0.3, 0.4) is 0 Å². The van der Waals surface area contributed by atoms with Gasteiger partial charge in [0.2, 0.25) is 11.4 Å². The van der Waals surface area contributed by atoms with Crippen LogP contribution in [0.25, 0.3) is 5.69 Å². The third-order valence-electron chi connectivity index (χ3n) is 6.69. The molecule has 0 spiro atoms. The zero-order valence-corrected chi connectivity index (χ0v) is 25.0. The molecule has 3 aromatic carbocycles. The minimum Gasteiger partial charge on any atom is -0.341 e. The Bertz CT molecular complexity index is 2350. The maximum Gasteiger partial charge on any atom is 0.308 e. The molecule has 1 N–H and O–H groups in total. The van der Waals surface area contributed by atoms with Gasteiger partial charge in [0, 0.05) is 6.20 Å². The number of nitro groups is 9. The van der Waals surface area contributed by atoms with Crippen molar-refractivity contribution < 1.29 is 44.3 Å². The van der Waals surface area contributed by atoms with Gasteiger partial charge in [-0.15, -0.1) is 0 Å². The van der Waals surface area contributed by atoms with Crippen LogP contribution in [-0.4, -0.2) is 48.9 Å². The summed E-state index contributed by atoms with van der Waals surface area (Å²) in [7, 11) is 0. The first kappa shape index (κ1) is 36.8. The summed E-state index contributed by atoms with van der Waals surface area (Å²) in [4.78, 5) is 98.4. The van der Waals surface area contributed by atoms with E-state index in [0.29, 0.717) is 10.8 Å². The average molecular weight is 742 g/mol. The SMILES string of the molecule is O=[N+]([O-])c1cc([N+](=O)[O-])c(N=c2c(Nc3c([N+](=O)[O-])cc([N+](=O)[O-])cc3[N+](=O)[O-])cccn2-c2c([N+](=O)[O-])cc([N+](=O)[O-])cc2[N+](=O)[O-])c([N+](=O)[O-])c1. The molecule has 0 fully saturated rings. The van der Waals surface area contributed by atoms with Gasteiger partial charge in [0.25, 0.3) is 17.1 Å². The molecule has 0 aliphatic carbocycles. The van der Waals surface area contributed by atoms with Crippen molar-refractivity contribution in [3.8, 4) is 5.69 Å². The van der Waals surface area contributed by atoms with Crippen LogP contribution >= 0.6 is 0 Å². The van der Waals surface area contributed by atoms with Gasteiger partial charge in [-0.3, -0.25) is 95.6 Å². The van der Waals surface area contributed by atoms with Gasteiger partial charge in [-0.2, -0.15) is 0 Å². The van der Waals surface area contributed by atoms with Gasteiger partial charge < -0.3 is 5.32 Å². The Labute approximate surface area is 284 Å². The van der Waals surface area contributed by atoms with Crippen LogP contribution < -0.4 is 10.8 Å². The summed E-state index contributed by atoms with van der Waals surface area (Å²) in [5.41, 5.74) is -18.2. The minimum absolute atomic E-state index is 0.189. The van der Waals surface area contributed by atoms with Gasteiger partial charge in [0.05, 0.1) is 86.4 Å². The Morgan fingerprint density at radius 3 is 1.15 bits per heavy atom. The molecule has 270 valence electrons. The van der Waals surface area contributed by atoms with Crippen molar-refractivity contribution in [2.75, 3.05) is 5.32 Å². The van der Waals surface area contributed by atoms with Crippen molar-refractivity contribution in [2.45, 2.75) is 0 Å². The zero-order chi connectivity index (χ0) is 39.6. The standard InChI is InChI=1S/C23H10N12O18/c36-27(37)10-4-14(30(42)43)20(15(5-10)31(44)45)24-13-2-1-3-26(22-18(34(50)51)8-12(29(40)41)9-19(22)35(52)53)23(13)25-21-16(32(46)47)6-11(28(38)39)7-17(21)33(48)49/h1-9,24H. The normalized spacial score (nSPS) is 11.0. The van der Waals surface area contributed by atoms with Crippen LogP contribution in [0, 0.1) is 91.0 Å². The summed E-state index contributed by atoms with van der Waals surface area (Å²) >= 11 is 0. The van der Waals surface area contributed by atoms with E-state index >= 15 is 0 Å². The summed E-state index contributed by atoms with van der Waals surface area (Å²) in [6, 6.07) is 2.94. The molecule has 1 heterocycles. The molecule has 0 unspecified atom stereocenters. The van der Waals surface area contributed by atoms with E-state index in [4.69, 9.17) is 0 Å². The molecule has 0 aliphatic heterocycles. The van der Waals surface area contributed by atoms with Crippen LogP contribution in [0.4, 0.5) is 68.2 Å². The molecule has 1 aromatic heterocycles. The number of nitro benzene ring substituents is 9. The van der Waals surface area contributed by atoms with E-state index in [1.165, 1.54) is 0 Å². The van der Waals surface area contributed by atoms with E-state index < -0.39 is 124 Å². The second kappa shape index (κ2) is 13.9. The quantitative estimate of drug-likeness (QED) is 0.144. The number of benzene rings is 3. The molecular formula is C23H10N12O18. The molecule has 0 bridgehead atoms. The average Bonchev–Trinajstić information content (AvgIpc) is 3.07. The van der Waals surface area contributed by atoms with E-state index in [-0.39, 0.29) is 36.4 Å². The largest absolute Gasteiger partial charge is 0.341 e. The molecule has 30 heteroatoms. The molecule has 0 aliphatic rings. The molecule has 4 aromatic rings. The fraction of sp³-hybridized carbons (Fsp3) is 0. The molecule has 4 rings (SSSR count). The van der Waals surface area contributed by atoms with Gasteiger partial charge in [-0.05, 0) is 12.1 Å². The Morgan fingerprint density at radius 2 is 0.811 bits per heavy atom. The summed E-state index contributed by atoms with van der Waals surface area (Å²) in [5.74, 6) is 0. The van der Waals surface area contributed by atoms with Crippen molar-refractivity contribution >= 4 is 68.2 Å². The molecular weight excluding hydrogens is 732 g/mol. The lowest BCUT2D eigenvalue weighted by Crippen LogP contribution is -2.24. The van der Waals surface area contributed by atoms with E-state index in [1.807, 2.05) is 0 Å². The number of anilines is 2. The number of hydrogen-bond acceptors (Lipinski definition) is 20. The summed E-state index contributed by atoms with van der Waals surface area (Å²) in [6.07, 6.45) is 0.674. The number of aromatic nitrogens is 1. The number of rotatable bonds is 13. The Morgan fingerprint density at radius 1 is 0.472 bits per heavy atom. The Hall–Kier alpha value is -8.99. The summed E-state index contributed by atoms with van der Waals surface area (Å²) in [6.45, 7) is 0. The van der Waals surface area contributed by atoms with Crippen molar-refractivity contribution in [2.24, 2.45) is 4.99 Å². The molecule has 0 saturated heterocycles. The highest BCUT2D eigenvalue weighted by Gasteiger charge is 2.36. The number of pyridine rings is 1. The maximum atomic E-state index is 12.2.